The van der Waals surface area contributed by atoms with Crippen LogP contribution >= 0.6 is 0 Å². The normalized spacial score (nSPS) is 11.3. The van der Waals surface area contributed by atoms with Crippen LogP contribution in [0.1, 0.15) is 12.5 Å². The standard InChI is InChI=1S/C19H16F4N4/c1-2-24-18-25-15(12-7-4-3-5-8-12)11-16(27-18)26-17-13(19(21,22)23)9-6-10-14(17)20/h3-11H,2H2,1H3,(H2,24,25,26,27). The molecule has 4 nitrogen and oxygen atoms in total. The fourth-order valence-electron chi connectivity index (χ4n) is 2.52. The Hall–Kier alpha value is -3.16. The molecular formula is C19H16F4N4. The van der Waals surface area contributed by atoms with Crippen molar-refractivity contribution < 1.29 is 17.6 Å². The average molecular weight is 376 g/mol. The Kier molecular flexibility index (Phi) is 5.25. The smallest absolute Gasteiger partial charge is 0.354 e. The van der Waals surface area contributed by atoms with Crippen molar-refractivity contribution in [3.8, 4) is 11.3 Å². The van der Waals surface area contributed by atoms with Crippen LogP contribution in [-0.2, 0) is 6.18 Å². The highest BCUT2D eigenvalue weighted by molar-refractivity contribution is 5.69. The van der Waals surface area contributed by atoms with Gasteiger partial charge >= 0.3 is 6.18 Å². The van der Waals surface area contributed by atoms with E-state index in [2.05, 4.69) is 20.6 Å². The van der Waals surface area contributed by atoms with Crippen LogP contribution in [0, 0.1) is 5.82 Å². The third-order valence-electron chi connectivity index (χ3n) is 3.70. The predicted octanol–water partition coefficient (Wildman–Crippen LogP) is 5.48. The van der Waals surface area contributed by atoms with Crippen LogP contribution < -0.4 is 10.6 Å². The molecule has 0 aliphatic rings. The lowest BCUT2D eigenvalue weighted by Crippen LogP contribution is -2.11. The van der Waals surface area contributed by atoms with Gasteiger partial charge in [-0.3, -0.25) is 0 Å². The highest BCUT2D eigenvalue weighted by atomic mass is 19.4. The zero-order chi connectivity index (χ0) is 19.4. The van der Waals surface area contributed by atoms with Gasteiger partial charge in [-0.2, -0.15) is 18.2 Å². The van der Waals surface area contributed by atoms with Gasteiger partial charge in [0, 0.05) is 18.2 Å². The maximum absolute atomic E-state index is 14.1. The van der Waals surface area contributed by atoms with E-state index in [0.717, 1.165) is 23.8 Å². The minimum Gasteiger partial charge on any atom is -0.354 e. The quantitative estimate of drug-likeness (QED) is 0.579. The third-order valence-corrected chi connectivity index (χ3v) is 3.70. The van der Waals surface area contributed by atoms with Gasteiger partial charge in [-0.15, -0.1) is 0 Å². The molecule has 3 rings (SSSR count). The Labute approximate surface area is 153 Å². The predicted molar refractivity (Wildman–Crippen MR) is 96.3 cm³/mol. The molecule has 0 amide bonds. The maximum atomic E-state index is 14.1. The second-order valence-corrected chi connectivity index (χ2v) is 5.64. The van der Waals surface area contributed by atoms with Crippen molar-refractivity contribution in [1.29, 1.82) is 0 Å². The Morgan fingerprint density at radius 3 is 2.37 bits per heavy atom. The Morgan fingerprint density at radius 1 is 0.963 bits per heavy atom. The summed E-state index contributed by atoms with van der Waals surface area (Å²) in [4.78, 5) is 8.49. The summed E-state index contributed by atoms with van der Waals surface area (Å²) in [5, 5.41) is 5.40. The van der Waals surface area contributed by atoms with Gasteiger partial charge in [0.2, 0.25) is 5.95 Å². The zero-order valence-corrected chi connectivity index (χ0v) is 14.3. The number of nitrogens with one attached hydrogen (secondary N) is 2. The summed E-state index contributed by atoms with van der Waals surface area (Å²) in [6.07, 6.45) is -4.70. The summed E-state index contributed by atoms with van der Waals surface area (Å²) in [5.41, 5.74) is -0.529. The van der Waals surface area contributed by atoms with Crippen molar-refractivity contribution in [3.63, 3.8) is 0 Å². The van der Waals surface area contributed by atoms with E-state index in [9.17, 15) is 17.6 Å². The number of rotatable bonds is 5. The molecule has 1 aromatic heterocycles. The van der Waals surface area contributed by atoms with E-state index >= 15 is 0 Å². The maximum Gasteiger partial charge on any atom is 0.418 e. The van der Waals surface area contributed by atoms with Crippen LogP contribution in [0.2, 0.25) is 0 Å². The molecule has 0 radical (unpaired) electrons. The van der Waals surface area contributed by atoms with Crippen molar-refractivity contribution in [2.45, 2.75) is 13.1 Å². The van der Waals surface area contributed by atoms with Gasteiger partial charge in [-0.25, -0.2) is 9.37 Å². The van der Waals surface area contributed by atoms with Crippen molar-refractivity contribution in [1.82, 2.24) is 9.97 Å². The zero-order valence-electron chi connectivity index (χ0n) is 14.3. The van der Waals surface area contributed by atoms with E-state index in [1.807, 2.05) is 37.3 Å². The first kappa shape index (κ1) is 18.6. The minimum atomic E-state index is -4.70. The highest BCUT2D eigenvalue weighted by Gasteiger charge is 2.34. The van der Waals surface area contributed by atoms with Crippen LogP contribution in [-0.4, -0.2) is 16.5 Å². The number of aromatic nitrogens is 2. The van der Waals surface area contributed by atoms with Crippen LogP contribution in [0.15, 0.2) is 54.6 Å². The summed E-state index contributed by atoms with van der Waals surface area (Å²) in [6, 6.07) is 13.4. The largest absolute Gasteiger partial charge is 0.418 e. The molecule has 0 saturated heterocycles. The van der Waals surface area contributed by atoms with Gasteiger partial charge in [0.05, 0.1) is 16.9 Å². The number of para-hydroxylation sites is 1. The molecule has 0 aliphatic heterocycles. The Balaban J connectivity index is 2.07. The molecule has 0 saturated carbocycles. The lowest BCUT2D eigenvalue weighted by Gasteiger charge is -2.16. The fourth-order valence-corrected chi connectivity index (χ4v) is 2.52. The van der Waals surface area contributed by atoms with Gasteiger partial charge in [0.1, 0.15) is 11.6 Å². The second kappa shape index (κ2) is 7.61. The highest BCUT2D eigenvalue weighted by Crippen LogP contribution is 2.37. The van der Waals surface area contributed by atoms with E-state index in [1.165, 1.54) is 6.07 Å². The molecule has 3 aromatic rings. The van der Waals surface area contributed by atoms with Gasteiger partial charge < -0.3 is 10.6 Å². The lowest BCUT2D eigenvalue weighted by atomic mass is 10.1. The molecule has 140 valence electrons. The molecule has 0 unspecified atom stereocenters. The van der Waals surface area contributed by atoms with Crippen molar-refractivity contribution in [2.75, 3.05) is 17.2 Å². The SMILES string of the molecule is CCNc1nc(Nc2c(F)cccc2C(F)(F)F)cc(-c2ccccc2)n1. The number of halogens is 4. The molecule has 2 aromatic carbocycles. The van der Waals surface area contributed by atoms with E-state index in [-0.39, 0.29) is 11.8 Å². The number of nitrogens with zero attached hydrogens (tertiary/aromatic N) is 2. The number of alkyl halides is 3. The molecule has 0 fully saturated rings. The second-order valence-electron chi connectivity index (χ2n) is 5.64. The lowest BCUT2D eigenvalue weighted by molar-refractivity contribution is -0.137. The Bertz CT molecular complexity index is 927. The van der Waals surface area contributed by atoms with Gasteiger partial charge in [0.25, 0.3) is 0 Å². The van der Waals surface area contributed by atoms with Gasteiger partial charge in [0.15, 0.2) is 0 Å². The van der Waals surface area contributed by atoms with Crippen molar-refractivity contribution >= 4 is 17.5 Å². The van der Waals surface area contributed by atoms with Crippen molar-refractivity contribution in [2.24, 2.45) is 0 Å². The van der Waals surface area contributed by atoms with Crippen LogP contribution in [0.3, 0.4) is 0 Å². The molecular weight excluding hydrogens is 360 g/mol. The topological polar surface area (TPSA) is 49.8 Å². The van der Waals surface area contributed by atoms with E-state index < -0.39 is 23.2 Å². The molecule has 0 bridgehead atoms. The molecule has 1 heterocycles. The minimum absolute atomic E-state index is 0.0513. The summed E-state index contributed by atoms with van der Waals surface area (Å²) >= 11 is 0. The van der Waals surface area contributed by atoms with Crippen molar-refractivity contribution in [3.05, 3.63) is 66.0 Å². The van der Waals surface area contributed by atoms with Crippen LogP contribution in [0.4, 0.5) is 35.0 Å². The molecule has 0 aliphatic carbocycles. The first-order chi connectivity index (χ1) is 12.9. The average Bonchev–Trinajstić information content (AvgIpc) is 2.63. The molecule has 27 heavy (non-hydrogen) atoms. The van der Waals surface area contributed by atoms with E-state index in [4.69, 9.17) is 0 Å². The molecule has 2 N–H and O–H groups in total. The number of benzene rings is 2. The van der Waals surface area contributed by atoms with E-state index in [1.54, 1.807) is 0 Å². The summed E-state index contributed by atoms with van der Waals surface area (Å²) in [6.45, 7) is 2.36. The first-order valence-electron chi connectivity index (χ1n) is 8.19. The summed E-state index contributed by atoms with van der Waals surface area (Å²) < 4.78 is 53.8. The van der Waals surface area contributed by atoms with Crippen LogP contribution in [0.25, 0.3) is 11.3 Å². The Morgan fingerprint density at radius 2 is 1.70 bits per heavy atom. The van der Waals surface area contributed by atoms with Crippen LogP contribution in [0.5, 0.6) is 0 Å². The monoisotopic (exact) mass is 376 g/mol. The van der Waals surface area contributed by atoms with Gasteiger partial charge in [-0.05, 0) is 19.1 Å². The number of hydrogen-bond donors (Lipinski definition) is 2. The molecule has 8 heteroatoms. The summed E-state index contributed by atoms with van der Waals surface area (Å²) in [5.74, 6) is -0.739. The summed E-state index contributed by atoms with van der Waals surface area (Å²) in [7, 11) is 0. The molecule has 0 spiro atoms. The third kappa shape index (κ3) is 4.33. The van der Waals surface area contributed by atoms with E-state index in [0.29, 0.717) is 12.2 Å². The first-order valence-corrected chi connectivity index (χ1v) is 8.19. The fraction of sp³-hybridized carbons (Fsp3) is 0.158. The number of hydrogen-bond acceptors (Lipinski definition) is 4. The number of anilines is 3. The van der Waals surface area contributed by atoms with Gasteiger partial charge in [-0.1, -0.05) is 36.4 Å². The molecule has 0 atom stereocenters.